The number of methoxy groups -OCH3 is 2. The first kappa shape index (κ1) is 22.8. The lowest BCUT2D eigenvalue weighted by Crippen LogP contribution is -2.37. The first-order valence-electron chi connectivity index (χ1n) is 11.5. The van der Waals surface area contributed by atoms with Crippen molar-refractivity contribution in [1.29, 1.82) is 0 Å². The second-order valence-electron chi connectivity index (χ2n) is 8.69. The zero-order valence-electron chi connectivity index (χ0n) is 19.7. The van der Waals surface area contributed by atoms with Gasteiger partial charge in [0.2, 0.25) is 12.7 Å². The summed E-state index contributed by atoms with van der Waals surface area (Å²) in [5.74, 6) is 2.15. The van der Waals surface area contributed by atoms with Gasteiger partial charge in [0, 0.05) is 19.5 Å². The number of imide groups is 1. The molecule has 1 fully saturated rings. The van der Waals surface area contributed by atoms with Crippen molar-refractivity contribution >= 4 is 17.8 Å². The molecule has 35 heavy (non-hydrogen) atoms. The second kappa shape index (κ2) is 9.36. The number of amides is 4. The highest BCUT2D eigenvalue weighted by Crippen LogP contribution is 2.34. The van der Waals surface area contributed by atoms with E-state index in [4.69, 9.17) is 18.9 Å². The van der Waals surface area contributed by atoms with E-state index in [1.54, 1.807) is 37.3 Å². The monoisotopic (exact) mass is 481 g/mol. The molecule has 0 spiro atoms. The number of ether oxygens (including phenoxy) is 4. The lowest BCUT2D eigenvalue weighted by molar-refractivity contribution is -0.132. The van der Waals surface area contributed by atoms with E-state index in [-0.39, 0.29) is 38.0 Å². The topological polar surface area (TPSA) is 107 Å². The smallest absolute Gasteiger partial charge is 0.325 e. The Morgan fingerprint density at radius 2 is 1.80 bits per heavy atom. The Morgan fingerprint density at radius 1 is 1.06 bits per heavy atom. The van der Waals surface area contributed by atoms with Crippen LogP contribution in [-0.2, 0) is 29.1 Å². The third-order valence-electron chi connectivity index (χ3n) is 6.60. The van der Waals surface area contributed by atoms with E-state index in [0.29, 0.717) is 42.5 Å². The highest BCUT2D eigenvalue weighted by Gasteiger charge is 2.38. The summed E-state index contributed by atoms with van der Waals surface area (Å²) in [4.78, 5) is 41.2. The van der Waals surface area contributed by atoms with Crippen LogP contribution in [0.2, 0.25) is 0 Å². The first-order valence-corrected chi connectivity index (χ1v) is 11.5. The molecule has 10 nitrogen and oxygen atoms in total. The van der Waals surface area contributed by atoms with Gasteiger partial charge in [-0.15, -0.1) is 0 Å². The molecule has 0 unspecified atom stereocenters. The van der Waals surface area contributed by atoms with Crippen LogP contribution in [0.3, 0.4) is 0 Å². The third kappa shape index (κ3) is 4.43. The van der Waals surface area contributed by atoms with Gasteiger partial charge in [-0.1, -0.05) is 6.07 Å². The van der Waals surface area contributed by atoms with Gasteiger partial charge in [-0.2, -0.15) is 0 Å². The fourth-order valence-corrected chi connectivity index (χ4v) is 4.67. The van der Waals surface area contributed by atoms with Gasteiger partial charge >= 0.3 is 6.03 Å². The maximum Gasteiger partial charge on any atom is 0.325 e. The summed E-state index contributed by atoms with van der Waals surface area (Å²) in [6.07, 6.45) is 1.12. The highest BCUT2D eigenvalue weighted by molar-refractivity contribution is 6.04. The van der Waals surface area contributed by atoms with Gasteiger partial charge in [0.15, 0.2) is 23.0 Å². The Labute approximate surface area is 202 Å². The third-order valence-corrected chi connectivity index (χ3v) is 6.60. The molecule has 2 aromatic rings. The van der Waals surface area contributed by atoms with E-state index >= 15 is 0 Å². The molecule has 3 aliphatic rings. The normalized spacial score (nSPS) is 18.4. The number of urea groups is 1. The number of carbonyl (C=O) groups is 3. The van der Waals surface area contributed by atoms with E-state index in [2.05, 4.69) is 5.32 Å². The molecule has 4 amide bonds. The summed E-state index contributed by atoms with van der Waals surface area (Å²) in [5.41, 5.74) is 2.90. The molecule has 0 saturated carbocycles. The molecular weight excluding hydrogens is 454 g/mol. The number of benzene rings is 2. The summed E-state index contributed by atoms with van der Waals surface area (Å²) in [7, 11) is 3.18. The van der Waals surface area contributed by atoms with Crippen molar-refractivity contribution < 1.29 is 33.3 Å². The van der Waals surface area contributed by atoms with Crippen molar-refractivity contribution in [2.45, 2.75) is 38.4 Å². The molecule has 2 aromatic carbocycles. The van der Waals surface area contributed by atoms with E-state index in [0.717, 1.165) is 16.7 Å². The lowest BCUT2D eigenvalue weighted by atomic mass is 9.98. The van der Waals surface area contributed by atoms with Crippen LogP contribution in [0.25, 0.3) is 0 Å². The summed E-state index contributed by atoms with van der Waals surface area (Å²) < 4.78 is 21.4. The average Bonchev–Trinajstić information content (AvgIpc) is 3.45. The van der Waals surface area contributed by atoms with Crippen molar-refractivity contribution in [2.24, 2.45) is 0 Å². The maximum absolute atomic E-state index is 12.9. The molecule has 0 bridgehead atoms. The van der Waals surface area contributed by atoms with Crippen molar-refractivity contribution in [3.05, 3.63) is 47.0 Å². The molecule has 3 heterocycles. The number of hydrogen-bond donors (Lipinski definition) is 1. The number of rotatable bonds is 7. The minimum Gasteiger partial charge on any atom is -0.493 e. The zero-order valence-corrected chi connectivity index (χ0v) is 19.7. The number of nitrogens with one attached hydrogen (secondary N) is 1. The Kier molecular flexibility index (Phi) is 6.10. The quantitative estimate of drug-likeness (QED) is 0.605. The van der Waals surface area contributed by atoms with E-state index in [1.807, 2.05) is 12.1 Å². The van der Waals surface area contributed by atoms with Crippen molar-refractivity contribution in [2.75, 3.05) is 27.6 Å². The fourth-order valence-electron chi connectivity index (χ4n) is 4.67. The minimum absolute atomic E-state index is 0.0540. The van der Waals surface area contributed by atoms with Crippen LogP contribution in [-0.4, -0.2) is 61.2 Å². The predicted molar refractivity (Wildman–Crippen MR) is 123 cm³/mol. The molecule has 5 rings (SSSR count). The van der Waals surface area contributed by atoms with Gasteiger partial charge in [0.1, 0.15) is 6.04 Å². The van der Waals surface area contributed by atoms with E-state index in [9.17, 15) is 14.4 Å². The second-order valence-corrected chi connectivity index (χ2v) is 8.69. The van der Waals surface area contributed by atoms with Crippen molar-refractivity contribution in [3.63, 3.8) is 0 Å². The summed E-state index contributed by atoms with van der Waals surface area (Å²) >= 11 is 0. The molecule has 10 heteroatoms. The van der Waals surface area contributed by atoms with Crippen LogP contribution in [0.15, 0.2) is 30.3 Å². The SMILES string of the molecule is COc1cc2c(cc1OC)CN(C(=O)CC[C@@H]1NC(=O)N(Cc3ccc4c(c3)OCO4)C1=O)CC2. The maximum atomic E-state index is 12.9. The zero-order chi connectivity index (χ0) is 24.5. The van der Waals surface area contributed by atoms with Gasteiger partial charge in [0.25, 0.3) is 5.91 Å². The predicted octanol–water partition coefficient (Wildman–Crippen LogP) is 2.22. The summed E-state index contributed by atoms with van der Waals surface area (Å²) in [6, 6.07) is 8.00. The van der Waals surface area contributed by atoms with Crippen molar-refractivity contribution in [1.82, 2.24) is 15.1 Å². The first-order chi connectivity index (χ1) is 17.0. The summed E-state index contributed by atoms with van der Waals surface area (Å²) in [5, 5.41) is 2.71. The number of hydrogen-bond acceptors (Lipinski definition) is 7. The highest BCUT2D eigenvalue weighted by atomic mass is 16.7. The molecule has 3 aliphatic heterocycles. The van der Waals surface area contributed by atoms with Crippen molar-refractivity contribution in [3.8, 4) is 23.0 Å². The van der Waals surface area contributed by atoms with Crippen LogP contribution in [0.5, 0.6) is 23.0 Å². The number of carbonyl (C=O) groups excluding carboxylic acids is 3. The number of fused-ring (bicyclic) bond motifs is 2. The molecule has 184 valence electrons. The molecule has 1 N–H and O–H groups in total. The van der Waals surface area contributed by atoms with Gasteiger partial charge in [-0.3, -0.25) is 14.5 Å². The Hall–Kier alpha value is -3.95. The van der Waals surface area contributed by atoms with Gasteiger partial charge < -0.3 is 29.2 Å². The number of nitrogens with zero attached hydrogens (tertiary/aromatic N) is 2. The van der Waals surface area contributed by atoms with E-state index in [1.165, 1.54) is 4.90 Å². The molecular formula is C25H27N3O7. The van der Waals surface area contributed by atoms with Gasteiger partial charge in [0.05, 0.1) is 20.8 Å². The molecule has 0 aromatic heterocycles. The van der Waals surface area contributed by atoms with Gasteiger partial charge in [-0.05, 0) is 53.8 Å². The standard InChI is InChI=1S/C25H27N3O7/c1-32-20-10-16-7-8-27(13-17(16)11-21(20)33-2)23(29)6-4-18-24(30)28(25(31)26-18)12-15-3-5-19-22(9-15)35-14-34-19/h3,5,9-11,18H,4,6-8,12-14H2,1-2H3,(H,26,31)/t18-/m0/s1. The molecule has 0 aliphatic carbocycles. The Balaban J connectivity index is 1.17. The Morgan fingerprint density at radius 3 is 2.57 bits per heavy atom. The summed E-state index contributed by atoms with van der Waals surface area (Å²) in [6.45, 7) is 1.33. The van der Waals surface area contributed by atoms with Crippen LogP contribution in [0.1, 0.15) is 29.5 Å². The van der Waals surface area contributed by atoms with Crippen LogP contribution in [0.4, 0.5) is 4.79 Å². The van der Waals surface area contributed by atoms with Crippen LogP contribution < -0.4 is 24.3 Å². The minimum atomic E-state index is -0.720. The van der Waals surface area contributed by atoms with E-state index < -0.39 is 12.1 Å². The average molecular weight is 482 g/mol. The molecule has 1 saturated heterocycles. The van der Waals surface area contributed by atoms with Crippen LogP contribution in [0, 0.1) is 0 Å². The fraction of sp³-hybridized carbons (Fsp3) is 0.400. The van der Waals surface area contributed by atoms with Crippen LogP contribution >= 0.6 is 0 Å². The molecule has 0 radical (unpaired) electrons. The molecule has 1 atom stereocenters. The largest absolute Gasteiger partial charge is 0.493 e. The lowest BCUT2D eigenvalue weighted by Gasteiger charge is -2.30. The Bertz CT molecular complexity index is 1180. The van der Waals surface area contributed by atoms with Gasteiger partial charge in [-0.25, -0.2) is 4.79 Å².